The first kappa shape index (κ1) is 14.0. The van der Waals surface area contributed by atoms with Crippen LogP contribution in [0.15, 0.2) is 22.7 Å². The lowest BCUT2D eigenvalue weighted by molar-refractivity contribution is -0.384. The van der Waals surface area contributed by atoms with Gasteiger partial charge in [-0.2, -0.15) is 0 Å². The number of nitrogens with zero attached hydrogens (tertiary/aromatic N) is 1. The van der Waals surface area contributed by atoms with Gasteiger partial charge in [0, 0.05) is 16.6 Å². The van der Waals surface area contributed by atoms with Gasteiger partial charge >= 0.3 is 0 Å². The maximum absolute atomic E-state index is 12.1. The summed E-state index contributed by atoms with van der Waals surface area (Å²) in [6.07, 6.45) is 3.24. The van der Waals surface area contributed by atoms with E-state index in [2.05, 4.69) is 21.2 Å². The van der Waals surface area contributed by atoms with Crippen LogP contribution in [-0.4, -0.2) is 16.4 Å². The fourth-order valence-corrected chi connectivity index (χ4v) is 2.66. The van der Waals surface area contributed by atoms with Crippen LogP contribution in [-0.2, 0) is 4.79 Å². The second-order valence-corrected chi connectivity index (χ2v) is 5.59. The number of nitrogens with one attached hydrogen (secondary N) is 1. The van der Waals surface area contributed by atoms with E-state index in [0.717, 1.165) is 12.8 Å². The van der Waals surface area contributed by atoms with Crippen molar-refractivity contribution in [3.05, 3.63) is 32.8 Å². The molecule has 0 aliphatic heterocycles. The molecule has 0 unspecified atom stereocenters. The molecule has 0 heterocycles. The highest BCUT2D eigenvalue weighted by molar-refractivity contribution is 9.10. The average molecular weight is 328 g/mol. The maximum Gasteiger partial charge on any atom is 0.270 e. The summed E-state index contributed by atoms with van der Waals surface area (Å²) in [6, 6.07) is 4.20. The maximum atomic E-state index is 12.1. The highest BCUT2D eigenvalue weighted by Gasteiger charge is 2.37. The monoisotopic (exact) mass is 327 g/mol. The number of hydrogen-bond donors (Lipinski definition) is 2. The molecule has 7 heteroatoms. The van der Waals surface area contributed by atoms with E-state index >= 15 is 0 Å². The molecule has 1 saturated carbocycles. The van der Waals surface area contributed by atoms with Crippen LogP contribution in [0.2, 0.25) is 0 Å². The van der Waals surface area contributed by atoms with Gasteiger partial charge in [-0.3, -0.25) is 14.9 Å². The Hall–Kier alpha value is -1.47. The molecule has 6 nitrogen and oxygen atoms in total. The molecule has 0 bridgehead atoms. The van der Waals surface area contributed by atoms with Gasteiger partial charge in [-0.15, -0.1) is 0 Å². The van der Waals surface area contributed by atoms with Gasteiger partial charge in [-0.05, 0) is 34.8 Å². The van der Waals surface area contributed by atoms with Crippen molar-refractivity contribution in [2.24, 2.45) is 5.73 Å². The second-order valence-electron chi connectivity index (χ2n) is 4.74. The van der Waals surface area contributed by atoms with Crippen molar-refractivity contribution in [2.45, 2.75) is 31.2 Å². The van der Waals surface area contributed by atoms with Crippen LogP contribution >= 0.6 is 15.9 Å². The van der Waals surface area contributed by atoms with Crippen molar-refractivity contribution in [1.29, 1.82) is 0 Å². The number of nitro groups is 1. The summed E-state index contributed by atoms with van der Waals surface area (Å²) < 4.78 is 0.469. The number of carbonyl (C=O) groups excluding carboxylic acids is 1. The Labute approximate surface area is 118 Å². The molecule has 19 heavy (non-hydrogen) atoms. The van der Waals surface area contributed by atoms with Crippen LogP contribution < -0.4 is 11.1 Å². The molecule has 0 atom stereocenters. The van der Waals surface area contributed by atoms with Crippen LogP contribution in [0.3, 0.4) is 0 Å². The third kappa shape index (κ3) is 2.93. The van der Waals surface area contributed by atoms with Gasteiger partial charge in [-0.25, -0.2) is 0 Å². The molecule has 102 valence electrons. The van der Waals surface area contributed by atoms with Gasteiger partial charge in [0.25, 0.3) is 5.69 Å². The number of carbonyl (C=O) groups is 1. The third-order valence-electron chi connectivity index (χ3n) is 3.36. The van der Waals surface area contributed by atoms with Crippen LogP contribution in [0, 0.1) is 10.1 Å². The number of hydrogen-bond acceptors (Lipinski definition) is 4. The zero-order valence-electron chi connectivity index (χ0n) is 10.2. The number of halogens is 1. The number of non-ortho nitro benzene ring substituents is 1. The molecule has 3 N–H and O–H groups in total. The Morgan fingerprint density at radius 2 is 2.05 bits per heavy atom. The van der Waals surface area contributed by atoms with E-state index in [9.17, 15) is 14.9 Å². The topological polar surface area (TPSA) is 98.3 Å². The zero-order valence-corrected chi connectivity index (χ0v) is 11.8. The molecule has 0 radical (unpaired) electrons. The van der Waals surface area contributed by atoms with E-state index in [1.165, 1.54) is 18.2 Å². The van der Waals surface area contributed by atoms with Crippen molar-refractivity contribution in [1.82, 2.24) is 0 Å². The first-order valence-corrected chi connectivity index (χ1v) is 6.76. The molecule has 1 aliphatic rings. The molecule has 0 spiro atoms. The Morgan fingerprint density at radius 1 is 1.42 bits per heavy atom. The number of nitrogens with two attached hydrogens (primary N) is 1. The molecule has 1 amide bonds. The summed E-state index contributed by atoms with van der Waals surface area (Å²) in [7, 11) is 0. The summed E-state index contributed by atoms with van der Waals surface area (Å²) in [5, 5.41) is 13.3. The van der Waals surface area contributed by atoms with Crippen LogP contribution in [0.25, 0.3) is 0 Å². The summed E-state index contributed by atoms with van der Waals surface area (Å²) in [5.41, 5.74) is 5.68. The highest BCUT2D eigenvalue weighted by atomic mass is 79.9. The largest absolute Gasteiger partial charge is 0.323 e. The minimum absolute atomic E-state index is 0.0341. The lowest BCUT2D eigenvalue weighted by atomic mass is 9.98. The van der Waals surface area contributed by atoms with Gasteiger partial charge in [0.2, 0.25) is 5.91 Å². The van der Waals surface area contributed by atoms with Gasteiger partial charge in [0.1, 0.15) is 0 Å². The van der Waals surface area contributed by atoms with E-state index in [0.29, 0.717) is 23.0 Å². The lowest BCUT2D eigenvalue weighted by Gasteiger charge is -2.22. The van der Waals surface area contributed by atoms with Gasteiger partial charge in [-0.1, -0.05) is 12.8 Å². The minimum Gasteiger partial charge on any atom is -0.323 e. The molecule has 1 aromatic carbocycles. The second kappa shape index (κ2) is 5.26. The summed E-state index contributed by atoms with van der Waals surface area (Å²) in [4.78, 5) is 22.3. The normalized spacial score (nSPS) is 17.2. The van der Waals surface area contributed by atoms with Crippen molar-refractivity contribution < 1.29 is 9.72 Å². The Morgan fingerprint density at radius 3 is 2.58 bits per heavy atom. The summed E-state index contributed by atoms with van der Waals surface area (Å²) in [5.74, 6) is -0.237. The summed E-state index contributed by atoms with van der Waals surface area (Å²) >= 11 is 3.21. The number of rotatable bonds is 3. The Kier molecular flexibility index (Phi) is 3.86. The van der Waals surface area contributed by atoms with Crippen molar-refractivity contribution >= 4 is 33.2 Å². The standard InChI is InChI=1S/C12H14BrN3O3/c13-9-7-8(16(18)19)3-4-10(9)15-11(17)12(14)5-1-2-6-12/h3-4,7H,1-2,5-6,14H2,(H,15,17). The Bertz CT molecular complexity index is 527. The van der Waals surface area contributed by atoms with Gasteiger partial charge < -0.3 is 11.1 Å². The smallest absolute Gasteiger partial charge is 0.270 e. The van der Waals surface area contributed by atoms with E-state index < -0.39 is 10.5 Å². The minimum atomic E-state index is -0.818. The van der Waals surface area contributed by atoms with Gasteiger partial charge in [0.15, 0.2) is 0 Å². The summed E-state index contributed by atoms with van der Waals surface area (Å²) in [6.45, 7) is 0. The average Bonchev–Trinajstić information content (AvgIpc) is 2.80. The van der Waals surface area contributed by atoms with E-state index in [1.54, 1.807) is 0 Å². The van der Waals surface area contributed by atoms with Gasteiger partial charge in [0.05, 0.1) is 16.1 Å². The quantitative estimate of drug-likeness (QED) is 0.658. The molecule has 2 rings (SSSR count). The number of nitro benzene ring substituents is 1. The zero-order chi connectivity index (χ0) is 14.0. The first-order valence-electron chi connectivity index (χ1n) is 5.97. The molecule has 0 saturated heterocycles. The molecule has 1 aliphatic carbocycles. The van der Waals surface area contributed by atoms with Crippen LogP contribution in [0.4, 0.5) is 11.4 Å². The molecule has 1 fully saturated rings. The van der Waals surface area contributed by atoms with Crippen molar-refractivity contribution in [2.75, 3.05) is 5.32 Å². The third-order valence-corrected chi connectivity index (χ3v) is 4.02. The fourth-order valence-electron chi connectivity index (χ4n) is 2.20. The number of benzene rings is 1. The van der Waals surface area contributed by atoms with Crippen LogP contribution in [0.5, 0.6) is 0 Å². The Balaban J connectivity index is 2.15. The SMILES string of the molecule is NC1(C(=O)Nc2ccc([N+](=O)[O-])cc2Br)CCCC1. The van der Waals surface area contributed by atoms with Crippen LogP contribution in [0.1, 0.15) is 25.7 Å². The molecular weight excluding hydrogens is 314 g/mol. The van der Waals surface area contributed by atoms with E-state index in [-0.39, 0.29) is 11.6 Å². The first-order chi connectivity index (χ1) is 8.92. The predicted octanol–water partition coefficient (Wildman–Crippen LogP) is 2.57. The van der Waals surface area contributed by atoms with E-state index in [1.807, 2.05) is 0 Å². The highest BCUT2D eigenvalue weighted by Crippen LogP contribution is 2.31. The molecule has 0 aromatic heterocycles. The number of anilines is 1. The molecular formula is C12H14BrN3O3. The molecule has 1 aromatic rings. The fraction of sp³-hybridized carbons (Fsp3) is 0.417. The van der Waals surface area contributed by atoms with Crippen molar-refractivity contribution in [3.63, 3.8) is 0 Å². The van der Waals surface area contributed by atoms with E-state index in [4.69, 9.17) is 5.73 Å². The number of amides is 1. The predicted molar refractivity (Wildman–Crippen MR) is 74.8 cm³/mol. The lowest BCUT2D eigenvalue weighted by Crippen LogP contribution is -2.48. The van der Waals surface area contributed by atoms with Crippen molar-refractivity contribution in [3.8, 4) is 0 Å².